The lowest BCUT2D eigenvalue weighted by molar-refractivity contribution is 0.0924. The molecule has 0 aliphatic carbocycles. The van der Waals surface area contributed by atoms with E-state index in [2.05, 4.69) is 23.6 Å². The Bertz CT molecular complexity index is 718. The molecule has 0 bridgehead atoms. The summed E-state index contributed by atoms with van der Waals surface area (Å²) in [7, 11) is 0. The number of benzene rings is 1. The summed E-state index contributed by atoms with van der Waals surface area (Å²) in [6, 6.07) is 4.12. The number of piperidine rings is 1. The van der Waals surface area contributed by atoms with Crippen LogP contribution in [0.5, 0.6) is 0 Å². The molecule has 1 aromatic heterocycles. The number of nitrogens with one attached hydrogen (secondary N) is 2. The molecule has 132 valence electrons. The summed E-state index contributed by atoms with van der Waals surface area (Å²) in [4.78, 5) is 12.5. The number of carbonyl (C=O) groups is 1. The van der Waals surface area contributed by atoms with Crippen LogP contribution in [0, 0.1) is 26.7 Å². The first-order chi connectivity index (χ1) is 11.1. The van der Waals surface area contributed by atoms with Crippen LogP contribution in [0.15, 0.2) is 16.5 Å². The molecule has 1 saturated heterocycles. The summed E-state index contributed by atoms with van der Waals surface area (Å²) in [6.45, 7) is 8.94. The Labute approximate surface area is 149 Å². The number of furan rings is 1. The highest BCUT2D eigenvalue weighted by molar-refractivity contribution is 6.00. The van der Waals surface area contributed by atoms with Gasteiger partial charge in [0.2, 0.25) is 0 Å². The second-order valence-electron chi connectivity index (χ2n) is 6.72. The van der Waals surface area contributed by atoms with E-state index in [1.165, 1.54) is 12.8 Å². The first-order valence-electron chi connectivity index (χ1n) is 8.56. The minimum atomic E-state index is -0.0960. The van der Waals surface area contributed by atoms with E-state index in [9.17, 15) is 4.79 Å². The highest BCUT2D eigenvalue weighted by Crippen LogP contribution is 2.30. The van der Waals surface area contributed by atoms with Gasteiger partial charge in [-0.2, -0.15) is 0 Å². The lowest BCUT2D eigenvalue weighted by atomic mass is 9.96. The maximum Gasteiger partial charge on any atom is 0.287 e. The molecule has 1 aliphatic rings. The van der Waals surface area contributed by atoms with Gasteiger partial charge in [0.25, 0.3) is 5.91 Å². The number of amides is 1. The topological polar surface area (TPSA) is 54.3 Å². The van der Waals surface area contributed by atoms with Crippen molar-refractivity contribution in [3.8, 4) is 0 Å². The predicted octanol–water partition coefficient (Wildman–Crippen LogP) is 3.90. The van der Waals surface area contributed by atoms with Gasteiger partial charge < -0.3 is 15.1 Å². The molecule has 0 saturated carbocycles. The molecule has 1 fully saturated rings. The third-order valence-electron chi connectivity index (χ3n) is 4.93. The number of fused-ring (bicyclic) bond motifs is 1. The molecule has 1 atom stereocenters. The van der Waals surface area contributed by atoms with Gasteiger partial charge in [-0.25, -0.2) is 0 Å². The van der Waals surface area contributed by atoms with Crippen molar-refractivity contribution in [1.82, 2.24) is 10.6 Å². The van der Waals surface area contributed by atoms with Gasteiger partial charge in [0.05, 0.1) is 0 Å². The predicted molar refractivity (Wildman–Crippen MR) is 100 cm³/mol. The second kappa shape index (κ2) is 8.04. The maximum atomic E-state index is 12.5. The van der Waals surface area contributed by atoms with E-state index in [-0.39, 0.29) is 18.3 Å². The Hall–Kier alpha value is -1.52. The lowest BCUT2D eigenvalue weighted by Crippen LogP contribution is -2.33. The van der Waals surface area contributed by atoms with Crippen molar-refractivity contribution in [2.75, 3.05) is 19.6 Å². The van der Waals surface area contributed by atoms with E-state index in [0.29, 0.717) is 18.2 Å². The van der Waals surface area contributed by atoms with E-state index in [1.54, 1.807) is 0 Å². The lowest BCUT2D eigenvalue weighted by Gasteiger charge is -2.22. The molecule has 2 heterocycles. The van der Waals surface area contributed by atoms with Crippen molar-refractivity contribution in [2.24, 2.45) is 5.92 Å². The quantitative estimate of drug-likeness (QED) is 0.879. The number of hydrogen-bond donors (Lipinski definition) is 2. The zero-order valence-corrected chi connectivity index (χ0v) is 15.5. The van der Waals surface area contributed by atoms with Crippen molar-refractivity contribution in [3.63, 3.8) is 0 Å². The van der Waals surface area contributed by atoms with Crippen LogP contribution in [0.1, 0.15) is 46.5 Å². The highest BCUT2D eigenvalue weighted by Gasteiger charge is 2.20. The van der Waals surface area contributed by atoms with E-state index in [4.69, 9.17) is 4.42 Å². The van der Waals surface area contributed by atoms with Gasteiger partial charge in [-0.05, 0) is 70.2 Å². The third kappa shape index (κ3) is 3.76. The van der Waals surface area contributed by atoms with Crippen LogP contribution in [-0.2, 0) is 0 Å². The van der Waals surface area contributed by atoms with E-state index in [0.717, 1.165) is 47.2 Å². The Kier molecular flexibility index (Phi) is 6.30. The molecule has 2 N–H and O–H groups in total. The minimum Gasteiger partial charge on any atom is -0.450 e. The fourth-order valence-corrected chi connectivity index (χ4v) is 3.53. The number of halogens is 1. The smallest absolute Gasteiger partial charge is 0.287 e. The van der Waals surface area contributed by atoms with E-state index in [1.807, 2.05) is 19.9 Å². The summed E-state index contributed by atoms with van der Waals surface area (Å²) in [5.41, 5.74) is 4.00. The van der Waals surface area contributed by atoms with Crippen LogP contribution < -0.4 is 10.6 Å². The Balaban J connectivity index is 0.00000208. The van der Waals surface area contributed by atoms with E-state index < -0.39 is 0 Å². The fraction of sp³-hybridized carbons (Fsp3) is 0.526. The van der Waals surface area contributed by atoms with Gasteiger partial charge in [-0.1, -0.05) is 12.1 Å². The molecule has 2 aromatic rings. The van der Waals surface area contributed by atoms with Crippen LogP contribution in [0.3, 0.4) is 0 Å². The summed E-state index contributed by atoms with van der Waals surface area (Å²) < 4.78 is 5.89. The number of carbonyl (C=O) groups excluding carboxylic acids is 1. The summed E-state index contributed by atoms with van der Waals surface area (Å²) in [5.74, 6) is 1.03. The summed E-state index contributed by atoms with van der Waals surface area (Å²) >= 11 is 0. The molecular formula is C19H27ClN2O2. The average Bonchev–Trinajstić information content (AvgIpc) is 2.91. The van der Waals surface area contributed by atoms with Gasteiger partial charge in [-0.15, -0.1) is 12.4 Å². The van der Waals surface area contributed by atoms with Crippen LogP contribution in [-0.4, -0.2) is 25.5 Å². The minimum absolute atomic E-state index is 0. The van der Waals surface area contributed by atoms with Crippen molar-refractivity contribution in [2.45, 2.75) is 40.0 Å². The Morgan fingerprint density at radius 2 is 2.04 bits per heavy atom. The fourth-order valence-electron chi connectivity index (χ4n) is 3.53. The molecule has 0 radical (unpaired) electrons. The van der Waals surface area contributed by atoms with Crippen LogP contribution in [0.25, 0.3) is 11.0 Å². The molecule has 3 rings (SSSR count). The van der Waals surface area contributed by atoms with Crippen molar-refractivity contribution >= 4 is 29.3 Å². The first kappa shape index (κ1) is 18.8. The Morgan fingerprint density at radius 3 is 2.71 bits per heavy atom. The van der Waals surface area contributed by atoms with Crippen LogP contribution >= 0.6 is 12.4 Å². The van der Waals surface area contributed by atoms with Gasteiger partial charge in [-0.3, -0.25) is 4.79 Å². The normalized spacial score (nSPS) is 17.5. The monoisotopic (exact) mass is 350 g/mol. The van der Waals surface area contributed by atoms with Crippen molar-refractivity contribution in [1.29, 1.82) is 0 Å². The maximum absolute atomic E-state index is 12.5. The number of aryl methyl sites for hydroxylation is 3. The highest BCUT2D eigenvalue weighted by atomic mass is 35.5. The summed E-state index contributed by atoms with van der Waals surface area (Å²) in [6.07, 6.45) is 3.51. The summed E-state index contributed by atoms with van der Waals surface area (Å²) in [5, 5.41) is 7.51. The number of hydrogen-bond acceptors (Lipinski definition) is 3. The van der Waals surface area contributed by atoms with Gasteiger partial charge in [0, 0.05) is 17.5 Å². The third-order valence-corrected chi connectivity index (χ3v) is 4.93. The average molecular weight is 351 g/mol. The Morgan fingerprint density at radius 1 is 1.29 bits per heavy atom. The van der Waals surface area contributed by atoms with E-state index >= 15 is 0 Å². The molecule has 1 unspecified atom stereocenters. The molecule has 1 amide bonds. The second-order valence-corrected chi connectivity index (χ2v) is 6.72. The van der Waals surface area contributed by atoms with Crippen LogP contribution in [0.2, 0.25) is 0 Å². The van der Waals surface area contributed by atoms with Gasteiger partial charge in [0.15, 0.2) is 5.76 Å². The molecule has 1 aromatic carbocycles. The molecule has 5 heteroatoms. The molecule has 0 spiro atoms. The molecule has 24 heavy (non-hydrogen) atoms. The van der Waals surface area contributed by atoms with Gasteiger partial charge in [0.1, 0.15) is 5.58 Å². The molecule has 1 aliphatic heterocycles. The van der Waals surface area contributed by atoms with Gasteiger partial charge >= 0.3 is 0 Å². The van der Waals surface area contributed by atoms with Crippen molar-refractivity contribution < 1.29 is 9.21 Å². The zero-order chi connectivity index (χ0) is 16.4. The molecular weight excluding hydrogens is 324 g/mol. The first-order valence-corrected chi connectivity index (χ1v) is 8.56. The SMILES string of the molecule is Cc1ccc(C)c2c(C)c(C(=O)NCCC3CCCNC3)oc12.Cl. The largest absolute Gasteiger partial charge is 0.450 e. The zero-order valence-electron chi connectivity index (χ0n) is 14.7. The van der Waals surface area contributed by atoms with Crippen molar-refractivity contribution in [3.05, 3.63) is 34.6 Å². The number of rotatable bonds is 4. The van der Waals surface area contributed by atoms with Crippen LogP contribution in [0.4, 0.5) is 0 Å². The molecule has 4 nitrogen and oxygen atoms in total. The standard InChI is InChI=1S/C19H26N2O2.ClH/c1-12-6-7-13(2)17-16(12)14(3)18(23-17)19(22)21-10-8-15-5-4-9-20-11-15;/h6-7,15,20H,4-5,8-11H2,1-3H3,(H,21,22);1H.